The van der Waals surface area contributed by atoms with Crippen LogP contribution in [0.25, 0.3) is 0 Å². The fourth-order valence-electron chi connectivity index (χ4n) is 1.48. The molecule has 0 aliphatic carbocycles. The number of thioether (sulfide) groups is 1. The molecule has 16 heavy (non-hydrogen) atoms. The van der Waals surface area contributed by atoms with E-state index in [9.17, 15) is 0 Å². The van der Waals surface area contributed by atoms with Crippen LogP contribution in [0, 0.1) is 0 Å². The first-order valence-electron chi connectivity index (χ1n) is 4.72. The molecule has 0 atom stereocenters. The normalized spacial score (nSPS) is 10.7. The molecule has 0 bridgehead atoms. The standard InChI is InChI=1S/C11H10Br2N2S/c1-16-10-9(12)14-11(13)15(10)7-8-5-3-2-4-6-8/h2-6H,7H2,1H3. The maximum Gasteiger partial charge on any atom is 0.179 e. The van der Waals surface area contributed by atoms with E-state index in [-0.39, 0.29) is 0 Å². The lowest BCUT2D eigenvalue weighted by Crippen LogP contribution is -2.01. The van der Waals surface area contributed by atoms with Gasteiger partial charge in [0.05, 0.1) is 6.54 Å². The average Bonchev–Trinajstić information content (AvgIpc) is 2.55. The van der Waals surface area contributed by atoms with E-state index in [0.29, 0.717) is 0 Å². The molecule has 0 saturated carbocycles. The lowest BCUT2D eigenvalue weighted by molar-refractivity contribution is 0.710. The molecule has 0 saturated heterocycles. The topological polar surface area (TPSA) is 17.8 Å². The van der Waals surface area contributed by atoms with Crippen LogP contribution in [-0.2, 0) is 6.54 Å². The van der Waals surface area contributed by atoms with Crippen molar-refractivity contribution in [2.75, 3.05) is 6.26 Å². The van der Waals surface area contributed by atoms with E-state index in [1.165, 1.54) is 5.56 Å². The van der Waals surface area contributed by atoms with E-state index in [1.807, 2.05) is 18.2 Å². The second-order valence-electron chi connectivity index (χ2n) is 3.25. The first-order chi connectivity index (χ1) is 7.72. The third kappa shape index (κ3) is 2.52. The van der Waals surface area contributed by atoms with Crippen molar-refractivity contribution in [2.24, 2.45) is 0 Å². The summed E-state index contributed by atoms with van der Waals surface area (Å²) in [7, 11) is 0. The summed E-state index contributed by atoms with van der Waals surface area (Å²) < 4.78 is 3.89. The van der Waals surface area contributed by atoms with Gasteiger partial charge in [-0.15, -0.1) is 11.8 Å². The molecular formula is C11H10Br2N2S. The van der Waals surface area contributed by atoms with Crippen molar-refractivity contribution >= 4 is 43.6 Å². The monoisotopic (exact) mass is 360 g/mol. The number of aromatic nitrogens is 2. The highest BCUT2D eigenvalue weighted by Gasteiger charge is 2.12. The van der Waals surface area contributed by atoms with E-state index in [4.69, 9.17) is 0 Å². The quantitative estimate of drug-likeness (QED) is 0.763. The molecule has 0 aliphatic rings. The summed E-state index contributed by atoms with van der Waals surface area (Å²) in [5, 5.41) is 1.13. The lowest BCUT2D eigenvalue weighted by Gasteiger charge is -2.07. The van der Waals surface area contributed by atoms with Gasteiger partial charge in [-0.25, -0.2) is 4.98 Å². The number of rotatable bonds is 3. The zero-order chi connectivity index (χ0) is 11.5. The Morgan fingerprint density at radius 1 is 1.25 bits per heavy atom. The van der Waals surface area contributed by atoms with Gasteiger partial charge in [0.15, 0.2) is 4.73 Å². The predicted octanol–water partition coefficient (Wildman–Crippen LogP) is 4.18. The van der Waals surface area contributed by atoms with E-state index < -0.39 is 0 Å². The SMILES string of the molecule is CSc1c(Br)nc(Br)n1Cc1ccccc1. The van der Waals surface area contributed by atoms with E-state index in [0.717, 1.165) is 20.9 Å². The summed E-state index contributed by atoms with van der Waals surface area (Å²) in [6, 6.07) is 10.4. The molecule has 1 aromatic carbocycles. The van der Waals surface area contributed by atoms with Gasteiger partial charge in [-0.05, 0) is 43.7 Å². The van der Waals surface area contributed by atoms with Gasteiger partial charge in [-0.1, -0.05) is 30.3 Å². The summed E-state index contributed by atoms with van der Waals surface area (Å²) in [6.07, 6.45) is 2.05. The van der Waals surface area contributed by atoms with Crippen molar-refractivity contribution in [3.8, 4) is 0 Å². The van der Waals surface area contributed by atoms with Gasteiger partial charge < -0.3 is 4.57 Å². The van der Waals surface area contributed by atoms with Crippen LogP contribution in [0.3, 0.4) is 0 Å². The van der Waals surface area contributed by atoms with Crippen LogP contribution < -0.4 is 0 Å². The maximum absolute atomic E-state index is 4.35. The third-order valence-electron chi connectivity index (χ3n) is 2.21. The summed E-state index contributed by atoms with van der Waals surface area (Å²) in [6.45, 7) is 0.830. The molecule has 1 heterocycles. The van der Waals surface area contributed by atoms with Crippen LogP contribution in [0.1, 0.15) is 5.56 Å². The first kappa shape index (κ1) is 12.2. The van der Waals surface area contributed by atoms with Crippen molar-refractivity contribution in [1.82, 2.24) is 9.55 Å². The minimum absolute atomic E-state index is 0.830. The highest BCUT2D eigenvalue weighted by atomic mass is 79.9. The molecule has 84 valence electrons. The molecule has 0 unspecified atom stereocenters. The number of benzene rings is 1. The van der Waals surface area contributed by atoms with E-state index in [1.54, 1.807) is 11.8 Å². The Balaban J connectivity index is 2.34. The van der Waals surface area contributed by atoms with Gasteiger partial charge in [-0.3, -0.25) is 0 Å². The minimum atomic E-state index is 0.830. The fraction of sp³-hybridized carbons (Fsp3) is 0.182. The zero-order valence-corrected chi connectivity index (χ0v) is 12.6. The van der Waals surface area contributed by atoms with Crippen molar-refractivity contribution < 1.29 is 0 Å². The third-order valence-corrected chi connectivity index (χ3v) is 4.43. The van der Waals surface area contributed by atoms with Crippen LogP contribution in [0.2, 0.25) is 0 Å². The van der Waals surface area contributed by atoms with Gasteiger partial charge in [0.2, 0.25) is 0 Å². The summed E-state index contributed by atoms with van der Waals surface area (Å²) in [5.74, 6) is 0. The van der Waals surface area contributed by atoms with E-state index >= 15 is 0 Å². The maximum atomic E-state index is 4.35. The van der Waals surface area contributed by atoms with Crippen LogP contribution in [0.15, 0.2) is 44.7 Å². The Kier molecular flexibility index (Phi) is 4.10. The Bertz CT molecular complexity index is 482. The Hall–Kier alpha value is -0.260. The van der Waals surface area contributed by atoms with Crippen molar-refractivity contribution in [2.45, 2.75) is 11.6 Å². The molecule has 0 fully saturated rings. The Morgan fingerprint density at radius 2 is 1.94 bits per heavy atom. The molecule has 0 N–H and O–H groups in total. The molecule has 5 heteroatoms. The zero-order valence-electron chi connectivity index (χ0n) is 8.65. The van der Waals surface area contributed by atoms with Crippen molar-refractivity contribution in [3.63, 3.8) is 0 Å². The van der Waals surface area contributed by atoms with Gasteiger partial charge in [0.1, 0.15) is 9.63 Å². The Morgan fingerprint density at radius 3 is 2.56 bits per heavy atom. The summed E-state index contributed by atoms with van der Waals surface area (Å²) in [4.78, 5) is 4.35. The number of hydrogen-bond donors (Lipinski definition) is 0. The van der Waals surface area contributed by atoms with Crippen LogP contribution >= 0.6 is 43.6 Å². The van der Waals surface area contributed by atoms with Gasteiger partial charge in [0, 0.05) is 0 Å². The molecule has 2 aromatic rings. The molecule has 0 spiro atoms. The van der Waals surface area contributed by atoms with Crippen LogP contribution in [0.4, 0.5) is 0 Å². The molecule has 0 radical (unpaired) electrons. The fourth-order valence-corrected chi connectivity index (χ4v) is 3.77. The molecule has 1 aromatic heterocycles. The predicted molar refractivity (Wildman–Crippen MR) is 75.0 cm³/mol. The van der Waals surface area contributed by atoms with Gasteiger partial charge >= 0.3 is 0 Å². The second kappa shape index (κ2) is 5.38. The van der Waals surface area contributed by atoms with Crippen molar-refractivity contribution in [3.05, 3.63) is 45.2 Å². The number of halogens is 2. The van der Waals surface area contributed by atoms with Crippen LogP contribution in [0.5, 0.6) is 0 Å². The molecule has 0 amide bonds. The van der Waals surface area contributed by atoms with Crippen molar-refractivity contribution in [1.29, 1.82) is 0 Å². The molecular weight excluding hydrogens is 352 g/mol. The first-order valence-corrected chi connectivity index (χ1v) is 7.53. The second-order valence-corrected chi connectivity index (χ2v) is 5.51. The smallest absolute Gasteiger partial charge is 0.179 e. The van der Waals surface area contributed by atoms with Crippen LogP contribution in [-0.4, -0.2) is 15.8 Å². The molecule has 2 rings (SSSR count). The lowest BCUT2D eigenvalue weighted by atomic mass is 10.2. The average molecular weight is 362 g/mol. The van der Waals surface area contributed by atoms with E-state index in [2.05, 4.69) is 59.8 Å². The summed E-state index contributed by atoms with van der Waals surface area (Å²) in [5.41, 5.74) is 1.27. The highest BCUT2D eigenvalue weighted by Crippen LogP contribution is 2.29. The minimum Gasteiger partial charge on any atom is -0.308 e. The Labute approximate surface area is 116 Å². The number of hydrogen-bond acceptors (Lipinski definition) is 2. The largest absolute Gasteiger partial charge is 0.308 e. The summed E-state index contributed by atoms with van der Waals surface area (Å²) >= 11 is 8.62. The number of nitrogens with zero attached hydrogens (tertiary/aromatic N) is 2. The van der Waals surface area contributed by atoms with Gasteiger partial charge in [-0.2, -0.15) is 0 Å². The molecule has 2 nitrogen and oxygen atoms in total. The highest BCUT2D eigenvalue weighted by molar-refractivity contribution is 9.11. The van der Waals surface area contributed by atoms with Gasteiger partial charge in [0.25, 0.3) is 0 Å². The molecule has 0 aliphatic heterocycles. The number of imidazole rings is 1.